The molecule has 0 spiro atoms. The van der Waals surface area contributed by atoms with Crippen LogP contribution in [0.2, 0.25) is 0 Å². The van der Waals surface area contributed by atoms with Gasteiger partial charge >= 0.3 is 6.98 Å². The number of aryl methyl sites for hydroxylation is 1. The second kappa shape index (κ2) is 6.55. The van der Waals surface area contributed by atoms with E-state index in [1.54, 1.807) is 0 Å². The van der Waals surface area contributed by atoms with E-state index in [-0.39, 0.29) is 6.98 Å². The summed E-state index contributed by atoms with van der Waals surface area (Å²) in [5.41, 5.74) is 9.09. The third kappa shape index (κ3) is 2.18. The summed E-state index contributed by atoms with van der Waals surface area (Å²) < 4.78 is 3.74. The van der Waals surface area contributed by atoms with Gasteiger partial charge in [-0.2, -0.15) is 0 Å². The second-order valence-electron chi connectivity index (χ2n) is 9.05. The summed E-state index contributed by atoms with van der Waals surface area (Å²) in [6.07, 6.45) is 0. The Morgan fingerprint density at radius 3 is 2.26 bits per heavy atom. The van der Waals surface area contributed by atoms with Crippen molar-refractivity contribution in [1.82, 2.24) is 4.57 Å². The number of benzene rings is 4. The molecule has 8 rings (SSSR count). The van der Waals surface area contributed by atoms with Crippen LogP contribution in [-0.2, 0) is 7.05 Å². The van der Waals surface area contributed by atoms with Crippen LogP contribution in [0.15, 0.2) is 103 Å². The maximum atomic E-state index is 2.57. The highest BCUT2D eigenvalue weighted by Crippen LogP contribution is 2.57. The van der Waals surface area contributed by atoms with Crippen molar-refractivity contribution in [3.8, 4) is 11.1 Å². The predicted octanol–water partition coefficient (Wildman–Crippen LogP) is 7.06. The van der Waals surface area contributed by atoms with Crippen LogP contribution in [0, 0.1) is 0 Å². The molecule has 5 heteroatoms. The van der Waals surface area contributed by atoms with Crippen LogP contribution in [0.25, 0.3) is 32.1 Å². The van der Waals surface area contributed by atoms with Crippen LogP contribution in [-0.4, -0.2) is 11.5 Å². The lowest BCUT2D eigenvalue weighted by atomic mass is 9.62. The Labute approximate surface area is 202 Å². The van der Waals surface area contributed by atoms with E-state index in [2.05, 4.69) is 124 Å². The van der Waals surface area contributed by atoms with Gasteiger partial charge in [-0.1, -0.05) is 72.8 Å². The van der Waals surface area contributed by atoms with Crippen LogP contribution in [0.1, 0.15) is 0 Å². The van der Waals surface area contributed by atoms with E-state index in [1.165, 1.54) is 59.8 Å². The molecular formula is C29H20BN3S. The molecule has 0 fully saturated rings. The van der Waals surface area contributed by atoms with E-state index >= 15 is 0 Å². The Morgan fingerprint density at radius 1 is 0.676 bits per heavy atom. The molecule has 4 aromatic carbocycles. The number of anilines is 4. The van der Waals surface area contributed by atoms with Gasteiger partial charge in [0.25, 0.3) is 0 Å². The van der Waals surface area contributed by atoms with E-state index < -0.39 is 0 Å². The Bertz CT molecular complexity index is 1750. The highest BCUT2D eigenvalue weighted by molar-refractivity contribution is 7.25. The van der Waals surface area contributed by atoms with Crippen LogP contribution < -0.4 is 15.2 Å². The first-order valence-electron chi connectivity index (χ1n) is 11.6. The number of aromatic nitrogens is 1. The Hall–Kier alpha value is -3.96. The van der Waals surface area contributed by atoms with E-state index in [0.717, 1.165) is 0 Å². The Morgan fingerprint density at radius 2 is 1.38 bits per heavy atom. The normalized spacial score (nSPS) is 13.9. The summed E-state index contributed by atoms with van der Waals surface area (Å²) in [5.74, 6) is 0. The third-order valence-corrected chi connectivity index (χ3v) is 8.52. The van der Waals surface area contributed by atoms with Gasteiger partial charge in [0, 0.05) is 56.1 Å². The minimum Gasteiger partial charge on any atom is -0.358 e. The largest absolute Gasteiger partial charge is 0.439 e. The lowest BCUT2D eigenvalue weighted by molar-refractivity contribution is 0.995. The van der Waals surface area contributed by atoms with Crippen LogP contribution in [0.5, 0.6) is 0 Å². The summed E-state index contributed by atoms with van der Waals surface area (Å²) >= 11 is 1.90. The minimum atomic E-state index is 0.0514. The van der Waals surface area contributed by atoms with Crippen molar-refractivity contribution >= 4 is 67.0 Å². The van der Waals surface area contributed by atoms with Crippen molar-refractivity contribution in [1.29, 1.82) is 0 Å². The van der Waals surface area contributed by atoms with Crippen LogP contribution in [0.4, 0.5) is 22.1 Å². The van der Waals surface area contributed by atoms with Gasteiger partial charge in [0.1, 0.15) is 5.00 Å². The highest BCUT2D eigenvalue weighted by Gasteiger charge is 2.51. The maximum absolute atomic E-state index is 2.57. The van der Waals surface area contributed by atoms with E-state index in [1.807, 2.05) is 11.3 Å². The number of fused-ring (bicyclic) bond motifs is 12. The lowest BCUT2D eigenvalue weighted by Gasteiger charge is -2.35. The molecule has 0 aliphatic carbocycles. The zero-order chi connectivity index (χ0) is 22.4. The fourth-order valence-corrected chi connectivity index (χ4v) is 7.23. The average molecular weight is 453 g/mol. The molecule has 34 heavy (non-hydrogen) atoms. The molecule has 2 aromatic heterocycles. The van der Waals surface area contributed by atoms with Gasteiger partial charge in [-0.15, -0.1) is 11.3 Å². The first-order chi connectivity index (χ1) is 16.8. The average Bonchev–Trinajstić information content (AvgIpc) is 3.52. The second-order valence-corrected chi connectivity index (χ2v) is 10.1. The van der Waals surface area contributed by atoms with Crippen LogP contribution >= 0.6 is 11.3 Å². The molecule has 2 aliphatic rings. The molecule has 0 radical (unpaired) electrons. The molecule has 2 aliphatic heterocycles. The van der Waals surface area contributed by atoms with E-state index in [9.17, 15) is 0 Å². The SMILES string of the molecule is Cn1c2c(c3ccccc31)-c1ccccc1N1B2N(c2ccccc2)c2c1sc1ccccc21. The Balaban J connectivity index is 1.55. The topological polar surface area (TPSA) is 11.4 Å². The van der Waals surface area contributed by atoms with Crippen molar-refractivity contribution in [3.63, 3.8) is 0 Å². The number of hydrogen-bond donors (Lipinski definition) is 0. The summed E-state index contributed by atoms with van der Waals surface area (Å²) in [4.78, 5) is 5.13. The number of thiophene rings is 1. The predicted molar refractivity (Wildman–Crippen MR) is 146 cm³/mol. The summed E-state index contributed by atoms with van der Waals surface area (Å²) in [5, 5.41) is 3.96. The van der Waals surface area contributed by atoms with E-state index in [4.69, 9.17) is 0 Å². The number of rotatable bonds is 1. The fraction of sp³-hybridized carbons (Fsp3) is 0.0345. The minimum absolute atomic E-state index is 0.0514. The van der Waals surface area contributed by atoms with Crippen molar-refractivity contribution in [3.05, 3.63) is 103 Å². The molecule has 0 unspecified atom stereocenters. The lowest BCUT2D eigenvalue weighted by Crippen LogP contribution is -2.57. The number of para-hydroxylation sites is 3. The molecule has 0 bridgehead atoms. The van der Waals surface area contributed by atoms with Gasteiger partial charge in [0.15, 0.2) is 0 Å². The van der Waals surface area contributed by atoms with Gasteiger partial charge in [0.2, 0.25) is 0 Å². The molecule has 0 saturated carbocycles. The molecule has 0 amide bonds. The zero-order valence-electron chi connectivity index (χ0n) is 18.6. The fourth-order valence-electron chi connectivity index (χ4n) is 6.00. The van der Waals surface area contributed by atoms with Crippen molar-refractivity contribution in [2.24, 2.45) is 7.05 Å². The highest BCUT2D eigenvalue weighted by atomic mass is 32.1. The molecule has 0 atom stereocenters. The number of nitrogens with zero attached hydrogens (tertiary/aromatic N) is 3. The molecular weight excluding hydrogens is 433 g/mol. The van der Waals surface area contributed by atoms with Gasteiger partial charge in [0.05, 0.1) is 5.69 Å². The maximum Gasteiger partial charge on any atom is 0.439 e. The first kappa shape index (κ1) is 18.5. The van der Waals surface area contributed by atoms with Gasteiger partial charge in [-0.25, -0.2) is 0 Å². The first-order valence-corrected chi connectivity index (χ1v) is 12.5. The quantitative estimate of drug-likeness (QED) is 0.247. The standard InChI is InChI=1S/C29H20BN3S/c1-31-23-16-8-5-13-20(23)26-21-14-6-9-17-24(21)33-29-27(22-15-7-10-18-25(22)34-29)32(30(33)28(26)31)19-11-3-2-4-12-19/h2-18H,1H3. The van der Waals surface area contributed by atoms with Crippen molar-refractivity contribution < 1.29 is 0 Å². The smallest absolute Gasteiger partial charge is 0.358 e. The van der Waals surface area contributed by atoms with Crippen molar-refractivity contribution in [2.45, 2.75) is 0 Å². The summed E-state index contributed by atoms with van der Waals surface area (Å²) in [6.45, 7) is 0.0514. The summed E-state index contributed by atoms with van der Waals surface area (Å²) in [6, 6.07) is 37.4. The van der Waals surface area contributed by atoms with E-state index in [0.29, 0.717) is 0 Å². The third-order valence-electron chi connectivity index (χ3n) is 7.36. The number of hydrogen-bond acceptors (Lipinski definition) is 3. The molecule has 3 nitrogen and oxygen atoms in total. The monoisotopic (exact) mass is 453 g/mol. The summed E-state index contributed by atoms with van der Waals surface area (Å²) in [7, 11) is 2.22. The molecule has 0 N–H and O–H groups in total. The van der Waals surface area contributed by atoms with Gasteiger partial charge < -0.3 is 14.2 Å². The molecule has 160 valence electrons. The van der Waals surface area contributed by atoms with Gasteiger partial charge in [-0.05, 0) is 30.3 Å². The van der Waals surface area contributed by atoms with Gasteiger partial charge in [-0.3, -0.25) is 0 Å². The van der Waals surface area contributed by atoms with Crippen molar-refractivity contribution in [2.75, 3.05) is 9.62 Å². The molecule has 6 aromatic rings. The molecule has 0 saturated heterocycles. The Kier molecular flexibility index (Phi) is 3.56. The molecule has 4 heterocycles. The van der Waals surface area contributed by atoms with Crippen LogP contribution in [0.3, 0.4) is 0 Å². The zero-order valence-corrected chi connectivity index (χ0v) is 19.5.